The number of ether oxygens (including phenoxy) is 1. The number of methoxy groups -OCH3 is 1. The molecule has 5 atom stereocenters. The topological polar surface area (TPSA) is 86.7 Å². The fourth-order valence-electron chi connectivity index (χ4n) is 6.90. The van der Waals surface area contributed by atoms with Crippen LogP contribution in [0.25, 0.3) is 0 Å². The van der Waals surface area contributed by atoms with Crippen LogP contribution >= 0.6 is 0 Å². The predicted molar refractivity (Wildman–Crippen MR) is 135 cm³/mol. The molecule has 6 nitrogen and oxygen atoms in total. The highest BCUT2D eigenvalue weighted by atomic mass is 32.2. The van der Waals surface area contributed by atoms with E-state index in [4.69, 9.17) is 8.92 Å². The first-order valence-corrected chi connectivity index (χ1v) is 14.3. The Balaban J connectivity index is 1.87. The lowest BCUT2D eigenvalue weighted by atomic mass is 9.45. The minimum atomic E-state index is -3.87. The summed E-state index contributed by atoms with van der Waals surface area (Å²) in [5, 5.41) is 0. The maximum atomic E-state index is 12.9. The molecular formula is C28H42O6S. The van der Waals surface area contributed by atoms with Crippen LogP contribution in [0, 0.1) is 41.4 Å². The van der Waals surface area contributed by atoms with E-state index in [2.05, 4.69) is 6.92 Å². The Morgan fingerprint density at radius 2 is 1.74 bits per heavy atom. The molecule has 3 rings (SSSR count). The number of esters is 1. The maximum absolute atomic E-state index is 12.9. The molecule has 2 aliphatic carbocycles. The molecule has 0 unspecified atom stereocenters. The van der Waals surface area contributed by atoms with Crippen LogP contribution in [0.5, 0.6) is 0 Å². The van der Waals surface area contributed by atoms with Crippen molar-refractivity contribution in [1.29, 1.82) is 0 Å². The Bertz CT molecular complexity index is 1010. The second-order valence-electron chi connectivity index (χ2n) is 11.5. The van der Waals surface area contributed by atoms with Gasteiger partial charge in [0.25, 0.3) is 10.1 Å². The summed E-state index contributed by atoms with van der Waals surface area (Å²) in [6, 6.07) is 6.67. The molecular weight excluding hydrogens is 464 g/mol. The lowest BCUT2D eigenvalue weighted by molar-refractivity contribution is -0.174. The first-order chi connectivity index (χ1) is 16.3. The lowest BCUT2D eigenvalue weighted by Crippen LogP contribution is -2.55. The zero-order valence-electron chi connectivity index (χ0n) is 22.1. The monoisotopic (exact) mass is 506 g/mol. The molecule has 0 spiro atoms. The Kier molecular flexibility index (Phi) is 8.53. The molecule has 0 aliphatic heterocycles. The van der Waals surface area contributed by atoms with Crippen LogP contribution in [0.2, 0.25) is 0 Å². The van der Waals surface area contributed by atoms with Crippen molar-refractivity contribution in [3.8, 4) is 0 Å². The molecule has 0 N–H and O–H groups in total. The standard InChI is InChI=1S/C28H42O6S/c1-19(2)24(29)14-13-23-21(18-34-35(31,32)22-11-8-20(3)9-12-22)10-15-25-27(23,4)16-7-17-28(25,5)26(30)33-6/h8-9,11-12,19,21,23,25H,7,10,13-18H2,1-6H3/t21-,23-,25+,27+,28+/m0/s1. The molecule has 0 heterocycles. The molecule has 0 radical (unpaired) electrons. The third kappa shape index (κ3) is 5.66. The molecule has 1 aromatic carbocycles. The molecule has 7 heteroatoms. The average Bonchev–Trinajstić information content (AvgIpc) is 2.81. The summed E-state index contributed by atoms with van der Waals surface area (Å²) in [7, 11) is -2.42. The van der Waals surface area contributed by atoms with Gasteiger partial charge in [-0.15, -0.1) is 0 Å². The van der Waals surface area contributed by atoms with Gasteiger partial charge in [0, 0.05) is 12.3 Å². The summed E-state index contributed by atoms with van der Waals surface area (Å²) in [4.78, 5) is 25.6. The third-order valence-corrected chi connectivity index (χ3v) is 10.3. The van der Waals surface area contributed by atoms with E-state index in [0.29, 0.717) is 12.8 Å². The zero-order valence-corrected chi connectivity index (χ0v) is 22.9. The Labute approximate surface area is 211 Å². The number of carbonyl (C=O) groups is 2. The molecule has 35 heavy (non-hydrogen) atoms. The van der Waals surface area contributed by atoms with Gasteiger partial charge in [-0.05, 0) is 81.3 Å². The number of hydrogen-bond donors (Lipinski definition) is 0. The summed E-state index contributed by atoms with van der Waals surface area (Å²) in [6.07, 6.45) is 5.36. The van der Waals surface area contributed by atoms with Gasteiger partial charge in [-0.1, -0.05) is 44.9 Å². The maximum Gasteiger partial charge on any atom is 0.311 e. The number of rotatable bonds is 9. The van der Waals surface area contributed by atoms with Gasteiger partial charge in [-0.25, -0.2) is 0 Å². The molecule has 2 fully saturated rings. The number of carbonyl (C=O) groups excluding carboxylic acids is 2. The molecule has 2 saturated carbocycles. The summed E-state index contributed by atoms with van der Waals surface area (Å²) < 4.78 is 36.7. The van der Waals surface area contributed by atoms with Crippen LogP contribution < -0.4 is 0 Å². The van der Waals surface area contributed by atoms with E-state index < -0.39 is 15.5 Å². The second-order valence-corrected chi connectivity index (χ2v) is 13.1. The van der Waals surface area contributed by atoms with E-state index in [0.717, 1.165) is 37.7 Å². The quantitative estimate of drug-likeness (QED) is 0.315. The van der Waals surface area contributed by atoms with Crippen molar-refractivity contribution in [3.05, 3.63) is 29.8 Å². The fraction of sp³-hybridized carbons (Fsp3) is 0.714. The summed E-state index contributed by atoms with van der Waals surface area (Å²) >= 11 is 0. The Morgan fingerprint density at radius 3 is 2.34 bits per heavy atom. The summed E-state index contributed by atoms with van der Waals surface area (Å²) in [5.41, 5.74) is 0.219. The van der Waals surface area contributed by atoms with E-state index in [1.165, 1.54) is 7.11 Å². The van der Waals surface area contributed by atoms with Crippen LogP contribution in [0.3, 0.4) is 0 Å². The van der Waals surface area contributed by atoms with Crippen molar-refractivity contribution in [3.63, 3.8) is 0 Å². The average molecular weight is 507 g/mol. The van der Waals surface area contributed by atoms with Crippen molar-refractivity contribution in [1.82, 2.24) is 0 Å². The van der Waals surface area contributed by atoms with E-state index in [1.54, 1.807) is 24.3 Å². The highest BCUT2D eigenvalue weighted by Gasteiger charge is 2.59. The van der Waals surface area contributed by atoms with Crippen molar-refractivity contribution in [2.45, 2.75) is 84.5 Å². The van der Waals surface area contributed by atoms with Gasteiger partial charge in [0.05, 0.1) is 24.0 Å². The first-order valence-electron chi connectivity index (χ1n) is 12.9. The van der Waals surface area contributed by atoms with E-state index >= 15 is 0 Å². The van der Waals surface area contributed by atoms with Crippen LogP contribution in [0.1, 0.15) is 78.2 Å². The Hall–Kier alpha value is -1.73. The lowest BCUT2D eigenvalue weighted by Gasteiger charge is -2.59. The van der Waals surface area contributed by atoms with Crippen LogP contribution in [-0.4, -0.2) is 33.9 Å². The van der Waals surface area contributed by atoms with E-state index in [-0.39, 0.29) is 52.3 Å². The van der Waals surface area contributed by atoms with Crippen LogP contribution in [0.15, 0.2) is 29.2 Å². The number of hydrogen-bond acceptors (Lipinski definition) is 6. The van der Waals surface area contributed by atoms with E-state index in [1.807, 2.05) is 27.7 Å². The van der Waals surface area contributed by atoms with Gasteiger partial charge in [0.2, 0.25) is 0 Å². The van der Waals surface area contributed by atoms with Crippen molar-refractivity contribution < 1.29 is 26.9 Å². The summed E-state index contributed by atoms with van der Waals surface area (Å²) in [6.45, 7) is 10.1. The SMILES string of the molecule is COC(=O)[C@]1(C)CCC[C@@]2(C)[C@H]1CC[C@@H](COS(=O)(=O)c1ccc(C)cc1)[C@@H]2CCC(=O)C(C)C. The normalized spacial score (nSPS) is 31.1. The van der Waals surface area contributed by atoms with Crippen LogP contribution in [0.4, 0.5) is 0 Å². The predicted octanol–water partition coefficient (Wildman–Crippen LogP) is 5.72. The van der Waals surface area contributed by atoms with Gasteiger partial charge in [-0.2, -0.15) is 8.42 Å². The van der Waals surface area contributed by atoms with Crippen molar-refractivity contribution in [2.75, 3.05) is 13.7 Å². The highest BCUT2D eigenvalue weighted by molar-refractivity contribution is 7.86. The number of ketones is 1. The van der Waals surface area contributed by atoms with Gasteiger partial charge in [0.15, 0.2) is 0 Å². The number of Topliss-reactive ketones (excluding diaryl/α,β-unsaturated/α-hetero) is 1. The minimum absolute atomic E-state index is 0.00330. The summed E-state index contributed by atoms with van der Waals surface area (Å²) in [5.74, 6) is 0.222. The van der Waals surface area contributed by atoms with Crippen LogP contribution in [-0.2, 0) is 28.6 Å². The molecule has 0 saturated heterocycles. The van der Waals surface area contributed by atoms with E-state index in [9.17, 15) is 18.0 Å². The zero-order chi connectivity index (χ0) is 26.0. The van der Waals surface area contributed by atoms with Gasteiger partial charge in [-0.3, -0.25) is 13.8 Å². The molecule has 0 amide bonds. The fourth-order valence-corrected chi connectivity index (χ4v) is 7.86. The highest BCUT2D eigenvalue weighted by Crippen LogP contribution is 2.62. The molecule has 1 aromatic rings. The number of aryl methyl sites for hydroxylation is 1. The third-order valence-electron chi connectivity index (χ3n) is 8.96. The van der Waals surface area contributed by atoms with Gasteiger partial charge in [0.1, 0.15) is 5.78 Å². The first kappa shape index (κ1) is 27.9. The van der Waals surface area contributed by atoms with Gasteiger partial charge >= 0.3 is 5.97 Å². The minimum Gasteiger partial charge on any atom is -0.469 e. The second kappa shape index (κ2) is 10.7. The van der Waals surface area contributed by atoms with Crippen molar-refractivity contribution in [2.24, 2.45) is 34.5 Å². The number of fused-ring (bicyclic) bond motifs is 1. The number of benzene rings is 1. The molecule has 0 bridgehead atoms. The molecule has 196 valence electrons. The van der Waals surface area contributed by atoms with Gasteiger partial charge < -0.3 is 4.74 Å². The molecule has 2 aliphatic rings. The largest absolute Gasteiger partial charge is 0.469 e. The Morgan fingerprint density at radius 1 is 1.09 bits per heavy atom. The molecule has 0 aromatic heterocycles. The van der Waals surface area contributed by atoms with Crippen molar-refractivity contribution >= 4 is 21.9 Å². The smallest absolute Gasteiger partial charge is 0.311 e.